The van der Waals surface area contributed by atoms with Crippen molar-refractivity contribution in [3.05, 3.63) is 28.2 Å². The summed E-state index contributed by atoms with van der Waals surface area (Å²) in [5.74, 6) is 0.908. The third-order valence-corrected chi connectivity index (χ3v) is 3.33. The molecule has 1 aromatic rings. The summed E-state index contributed by atoms with van der Waals surface area (Å²) in [5.41, 5.74) is 1.26. The van der Waals surface area contributed by atoms with Gasteiger partial charge in [-0.1, -0.05) is 19.9 Å². The van der Waals surface area contributed by atoms with E-state index in [0.717, 1.165) is 42.8 Å². The first-order chi connectivity index (χ1) is 9.13. The molecule has 0 radical (unpaired) electrons. The number of hydrogen-bond donors (Lipinski definition) is 1. The first-order valence-electron chi connectivity index (χ1n) is 6.77. The summed E-state index contributed by atoms with van der Waals surface area (Å²) in [7, 11) is 1.72. The second-order valence-corrected chi connectivity index (χ2v) is 5.70. The summed E-state index contributed by atoms with van der Waals surface area (Å²) in [6.07, 6.45) is 2.04. The van der Waals surface area contributed by atoms with Gasteiger partial charge in [0.1, 0.15) is 5.75 Å². The topological polar surface area (TPSA) is 30.5 Å². The van der Waals surface area contributed by atoms with Crippen LogP contribution in [0.15, 0.2) is 22.7 Å². The summed E-state index contributed by atoms with van der Waals surface area (Å²) in [5, 5.41) is 3.40. The van der Waals surface area contributed by atoms with Crippen LogP contribution in [0, 0.1) is 0 Å². The van der Waals surface area contributed by atoms with E-state index in [9.17, 15) is 0 Å². The molecule has 0 saturated heterocycles. The van der Waals surface area contributed by atoms with E-state index in [1.165, 1.54) is 5.56 Å². The summed E-state index contributed by atoms with van der Waals surface area (Å²) in [6.45, 7) is 6.69. The highest BCUT2D eigenvalue weighted by Gasteiger charge is 2.03. The van der Waals surface area contributed by atoms with Crippen molar-refractivity contribution >= 4 is 15.9 Å². The van der Waals surface area contributed by atoms with Gasteiger partial charge >= 0.3 is 0 Å². The largest absolute Gasteiger partial charge is 0.492 e. The summed E-state index contributed by atoms with van der Waals surface area (Å²) >= 11 is 3.56. The third-order valence-electron chi connectivity index (χ3n) is 2.71. The van der Waals surface area contributed by atoms with Gasteiger partial charge in [-0.25, -0.2) is 0 Å². The van der Waals surface area contributed by atoms with Gasteiger partial charge < -0.3 is 14.8 Å². The molecule has 4 heteroatoms. The van der Waals surface area contributed by atoms with E-state index >= 15 is 0 Å². The van der Waals surface area contributed by atoms with Gasteiger partial charge in [0.2, 0.25) is 0 Å². The molecule has 0 saturated carbocycles. The molecule has 0 aromatic heterocycles. The van der Waals surface area contributed by atoms with Crippen molar-refractivity contribution in [1.82, 2.24) is 5.32 Å². The molecule has 0 aliphatic heterocycles. The highest BCUT2D eigenvalue weighted by Crippen LogP contribution is 2.26. The minimum Gasteiger partial charge on any atom is -0.492 e. The van der Waals surface area contributed by atoms with Crippen molar-refractivity contribution in [1.29, 1.82) is 0 Å². The summed E-state index contributed by atoms with van der Waals surface area (Å²) < 4.78 is 11.8. The first kappa shape index (κ1) is 16.5. The Morgan fingerprint density at radius 2 is 1.95 bits per heavy atom. The minimum atomic E-state index is 0.496. The van der Waals surface area contributed by atoms with Crippen LogP contribution in [0.2, 0.25) is 0 Å². The monoisotopic (exact) mass is 329 g/mol. The summed E-state index contributed by atoms with van der Waals surface area (Å²) in [6, 6.07) is 6.73. The molecule has 0 heterocycles. The van der Waals surface area contributed by atoms with Crippen LogP contribution in [0.1, 0.15) is 32.3 Å². The number of ether oxygens (including phenoxy) is 2. The normalized spacial score (nSPS) is 11.0. The van der Waals surface area contributed by atoms with Gasteiger partial charge in [0.05, 0.1) is 11.1 Å². The Balaban J connectivity index is 2.39. The highest BCUT2D eigenvalue weighted by atomic mass is 79.9. The van der Waals surface area contributed by atoms with E-state index in [1.54, 1.807) is 7.11 Å². The highest BCUT2D eigenvalue weighted by molar-refractivity contribution is 9.10. The average Bonchev–Trinajstić information content (AvgIpc) is 2.38. The van der Waals surface area contributed by atoms with Gasteiger partial charge in [-0.2, -0.15) is 0 Å². The smallest absolute Gasteiger partial charge is 0.133 e. The summed E-state index contributed by atoms with van der Waals surface area (Å²) in [4.78, 5) is 0. The van der Waals surface area contributed by atoms with Crippen LogP contribution in [0.3, 0.4) is 0 Å². The van der Waals surface area contributed by atoms with Crippen molar-refractivity contribution in [3.8, 4) is 5.75 Å². The zero-order valence-corrected chi connectivity index (χ0v) is 13.6. The molecule has 0 bridgehead atoms. The van der Waals surface area contributed by atoms with Gasteiger partial charge in [-0.3, -0.25) is 0 Å². The standard InChI is InChI=1S/C15H24BrNO2/c1-12(2)17-11-13-6-7-15(14(16)10-13)19-9-5-4-8-18-3/h6-7,10,12,17H,4-5,8-9,11H2,1-3H3. The maximum absolute atomic E-state index is 5.74. The fourth-order valence-electron chi connectivity index (χ4n) is 1.62. The quantitative estimate of drug-likeness (QED) is 0.700. The minimum absolute atomic E-state index is 0.496. The maximum Gasteiger partial charge on any atom is 0.133 e. The van der Waals surface area contributed by atoms with E-state index in [0.29, 0.717) is 6.04 Å². The van der Waals surface area contributed by atoms with Crippen molar-refractivity contribution in [2.75, 3.05) is 20.3 Å². The van der Waals surface area contributed by atoms with Crippen LogP contribution in [-0.4, -0.2) is 26.4 Å². The van der Waals surface area contributed by atoms with E-state index in [2.05, 4.69) is 47.2 Å². The van der Waals surface area contributed by atoms with Crippen molar-refractivity contribution in [2.24, 2.45) is 0 Å². The molecule has 0 amide bonds. The molecular formula is C15H24BrNO2. The lowest BCUT2D eigenvalue weighted by Gasteiger charge is -2.11. The molecule has 0 unspecified atom stereocenters. The number of benzene rings is 1. The Morgan fingerprint density at radius 1 is 1.21 bits per heavy atom. The molecule has 1 aromatic carbocycles. The average molecular weight is 330 g/mol. The number of unbranched alkanes of at least 4 members (excludes halogenated alkanes) is 1. The zero-order valence-electron chi connectivity index (χ0n) is 12.0. The van der Waals surface area contributed by atoms with Gasteiger partial charge in [0, 0.05) is 26.3 Å². The van der Waals surface area contributed by atoms with Crippen LogP contribution in [0.4, 0.5) is 0 Å². The molecule has 0 atom stereocenters. The van der Waals surface area contributed by atoms with E-state index in [-0.39, 0.29) is 0 Å². The Bertz CT molecular complexity index is 369. The molecule has 0 aliphatic carbocycles. The second kappa shape index (κ2) is 9.34. The van der Waals surface area contributed by atoms with Crippen molar-refractivity contribution < 1.29 is 9.47 Å². The number of hydrogen-bond acceptors (Lipinski definition) is 3. The maximum atomic E-state index is 5.74. The van der Waals surface area contributed by atoms with Gasteiger partial charge in [0.25, 0.3) is 0 Å². The Kier molecular flexibility index (Phi) is 8.10. The predicted molar refractivity (Wildman–Crippen MR) is 82.7 cm³/mol. The molecule has 0 spiro atoms. The van der Waals surface area contributed by atoms with Crippen LogP contribution in [0.25, 0.3) is 0 Å². The molecule has 0 fully saturated rings. The van der Waals surface area contributed by atoms with Gasteiger partial charge in [-0.05, 0) is 46.5 Å². The molecule has 1 N–H and O–H groups in total. The SMILES string of the molecule is COCCCCOc1ccc(CNC(C)C)cc1Br. The third kappa shape index (κ3) is 6.95. The number of rotatable bonds is 9. The number of halogens is 1. The molecule has 3 nitrogen and oxygen atoms in total. The number of nitrogens with one attached hydrogen (secondary N) is 1. The molecular weight excluding hydrogens is 306 g/mol. The first-order valence-corrected chi connectivity index (χ1v) is 7.56. The molecule has 19 heavy (non-hydrogen) atoms. The lowest BCUT2D eigenvalue weighted by molar-refractivity contribution is 0.184. The van der Waals surface area contributed by atoms with Crippen LogP contribution in [0.5, 0.6) is 5.75 Å². The molecule has 108 valence electrons. The fourth-order valence-corrected chi connectivity index (χ4v) is 2.16. The predicted octanol–water partition coefficient (Wildman–Crippen LogP) is 3.75. The lowest BCUT2D eigenvalue weighted by atomic mass is 10.2. The van der Waals surface area contributed by atoms with Crippen LogP contribution < -0.4 is 10.1 Å². The number of methoxy groups -OCH3 is 1. The van der Waals surface area contributed by atoms with Gasteiger partial charge in [-0.15, -0.1) is 0 Å². The van der Waals surface area contributed by atoms with E-state index < -0.39 is 0 Å². The van der Waals surface area contributed by atoms with Crippen LogP contribution in [-0.2, 0) is 11.3 Å². The van der Waals surface area contributed by atoms with Crippen molar-refractivity contribution in [3.63, 3.8) is 0 Å². The van der Waals surface area contributed by atoms with Crippen LogP contribution >= 0.6 is 15.9 Å². The fraction of sp³-hybridized carbons (Fsp3) is 0.600. The van der Waals surface area contributed by atoms with Gasteiger partial charge in [0.15, 0.2) is 0 Å². The van der Waals surface area contributed by atoms with Crippen molar-refractivity contribution in [2.45, 2.75) is 39.3 Å². The molecule has 1 rings (SSSR count). The Labute approximate surface area is 124 Å². The second-order valence-electron chi connectivity index (χ2n) is 4.85. The Hall–Kier alpha value is -0.580. The van der Waals surface area contributed by atoms with E-state index in [4.69, 9.17) is 9.47 Å². The lowest BCUT2D eigenvalue weighted by Crippen LogP contribution is -2.21. The zero-order chi connectivity index (χ0) is 14.1. The Morgan fingerprint density at radius 3 is 2.58 bits per heavy atom. The molecule has 0 aliphatic rings. The van der Waals surface area contributed by atoms with E-state index in [1.807, 2.05) is 6.07 Å².